The van der Waals surface area contributed by atoms with E-state index in [1.165, 1.54) is 0 Å². The van der Waals surface area contributed by atoms with E-state index in [1.54, 1.807) is 0 Å². The van der Waals surface area contributed by atoms with E-state index in [9.17, 15) is 9.59 Å². The van der Waals surface area contributed by atoms with Gasteiger partial charge in [0.1, 0.15) is 6.04 Å². The molecule has 0 fully saturated rings. The second kappa shape index (κ2) is 6.22. The summed E-state index contributed by atoms with van der Waals surface area (Å²) in [5.74, 6) is -0.935. The van der Waals surface area contributed by atoms with Gasteiger partial charge in [-0.15, -0.1) is 0 Å². The lowest BCUT2D eigenvalue weighted by atomic mass is 9.96. The Morgan fingerprint density at radius 2 is 1.83 bits per heavy atom. The summed E-state index contributed by atoms with van der Waals surface area (Å²) in [5, 5.41) is 11.7. The maximum atomic E-state index is 11.4. The van der Waals surface area contributed by atoms with Gasteiger partial charge in [0.2, 0.25) is 5.91 Å². The molecule has 0 unspecified atom stereocenters. The number of amides is 1. The van der Waals surface area contributed by atoms with Crippen molar-refractivity contribution in [1.82, 2.24) is 0 Å². The van der Waals surface area contributed by atoms with Crippen molar-refractivity contribution in [2.45, 2.75) is 25.3 Å². The number of aryl methyl sites for hydroxylation is 1. The Balaban J connectivity index is 1.80. The van der Waals surface area contributed by atoms with E-state index in [0.29, 0.717) is 12.8 Å². The molecule has 3 rings (SSSR count). The van der Waals surface area contributed by atoms with Crippen molar-refractivity contribution in [3.05, 3.63) is 53.6 Å². The first-order valence-electron chi connectivity index (χ1n) is 7.53. The molecule has 1 aliphatic heterocycles. The molecule has 2 aromatic carbocycles. The van der Waals surface area contributed by atoms with Gasteiger partial charge in [-0.25, -0.2) is 0 Å². The zero-order valence-electron chi connectivity index (χ0n) is 12.6. The number of carboxylic acid groups (broad SMARTS) is 1. The Kier molecular flexibility index (Phi) is 4.12. The van der Waals surface area contributed by atoms with Gasteiger partial charge in [0.05, 0.1) is 0 Å². The Morgan fingerprint density at radius 1 is 1.13 bits per heavy atom. The van der Waals surface area contributed by atoms with Gasteiger partial charge < -0.3 is 16.2 Å². The molecule has 0 saturated carbocycles. The fourth-order valence-electron chi connectivity index (χ4n) is 2.74. The van der Waals surface area contributed by atoms with Crippen LogP contribution in [0, 0.1) is 0 Å². The molecule has 4 N–H and O–H groups in total. The molecule has 0 radical (unpaired) electrons. The zero-order chi connectivity index (χ0) is 16.4. The number of fused-ring (bicyclic) bond motifs is 1. The van der Waals surface area contributed by atoms with E-state index in [2.05, 4.69) is 11.4 Å². The number of nitrogens with two attached hydrogens (primary N) is 1. The summed E-state index contributed by atoms with van der Waals surface area (Å²) < 4.78 is 0. The summed E-state index contributed by atoms with van der Waals surface area (Å²) in [6.45, 7) is 0. The van der Waals surface area contributed by atoms with Gasteiger partial charge in [0.25, 0.3) is 0 Å². The van der Waals surface area contributed by atoms with Crippen LogP contribution in [-0.4, -0.2) is 23.0 Å². The fourth-order valence-corrected chi connectivity index (χ4v) is 2.74. The average Bonchev–Trinajstić information content (AvgIpc) is 2.55. The SMILES string of the molecule is N[C@@H](Cc1ccc(-c2ccc3c(c2)CCC(=O)N3)cc1)C(=O)O. The normalized spacial score (nSPS) is 14.7. The Morgan fingerprint density at radius 3 is 2.52 bits per heavy atom. The maximum absolute atomic E-state index is 11.4. The highest BCUT2D eigenvalue weighted by Crippen LogP contribution is 2.28. The molecule has 0 bridgehead atoms. The van der Waals surface area contributed by atoms with E-state index in [-0.39, 0.29) is 5.91 Å². The second-order valence-corrected chi connectivity index (χ2v) is 5.77. The number of aliphatic carboxylic acids is 1. The van der Waals surface area contributed by atoms with Crippen molar-refractivity contribution in [3.8, 4) is 11.1 Å². The van der Waals surface area contributed by atoms with Gasteiger partial charge in [0, 0.05) is 12.1 Å². The van der Waals surface area contributed by atoms with Crippen LogP contribution in [0.25, 0.3) is 11.1 Å². The van der Waals surface area contributed by atoms with Crippen LogP contribution in [0.15, 0.2) is 42.5 Å². The Labute approximate surface area is 134 Å². The predicted octanol–water partition coefficient (Wildman–Crippen LogP) is 2.19. The van der Waals surface area contributed by atoms with Crippen LogP contribution in [-0.2, 0) is 22.4 Å². The van der Waals surface area contributed by atoms with Crippen molar-refractivity contribution >= 4 is 17.6 Å². The monoisotopic (exact) mass is 310 g/mol. The quantitative estimate of drug-likeness (QED) is 0.807. The highest BCUT2D eigenvalue weighted by molar-refractivity contribution is 5.94. The number of rotatable bonds is 4. The molecule has 1 atom stereocenters. The van der Waals surface area contributed by atoms with Gasteiger partial charge in [0.15, 0.2) is 0 Å². The number of benzene rings is 2. The third-order valence-electron chi connectivity index (χ3n) is 4.06. The van der Waals surface area contributed by atoms with Gasteiger partial charge in [-0.3, -0.25) is 9.59 Å². The summed E-state index contributed by atoms with van der Waals surface area (Å²) in [4.78, 5) is 22.2. The first-order chi connectivity index (χ1) is 11.0. The third-order valence-corrected chi connectivity index (χ3v) is 4.06. The number of anilines is 1. The maximum Gasteiger partial charge on any atom is 0.320 e. The van der Waals surface area contributed by atoms with Crippen LogP contribution in [0.1, 0.15) is 17.5 Å². The number of carbonyl (C=O) groups is 2. The highest BCUT2D eigenvalue weighted by Gasteiger charge is 2.15. The topological polar surface area (TPSA) is 92.4 Å². The standard InChI is InChI=1S/C18H18N2O3/c19-15(18(22)23)9-11-1-3-12(4-2-11)13-5-7-16-14(10-13)6-8-17(21)20-16/h1-5,7,10,15H,6,8-9,19H2,(H,20,21)(H,22,23)/t15-/m0/s1. The van der Waals surface area contributed by atoms with Gasteiger partial charge in [-0.1, -0.05) is 30.3 Å². The van der Waals surface area contributed by atoms with Crippen LogP contribution in [0.5, 0.6) is 0 Å². The smallest absolute Gasteiger partial charge is 0.320 e. The lowest BCUT2D eigenvalue weighted by Gasteiger charge is -2.17. The van der Waals surface area contributed by atoms with Crippen molar-refractivity contribution < 1.29 is 14.7 Å². The van der Waals surface area contributed by atoms with Crippen LogP contribution >= 0.6 is 0 Å². The minimum Gasteiger partial charge on any atom is -0.480 e. The van der Waals surface area contributed by atoms with E-state index in [4.69, 9.17) is 10.8 Å². The Hall–Kier alpha value is -2.66. The lowest BCUT2D eigenvalue weighted by Crippen LogP contribution is -2.32. The fraction of sp³-hybridized carbons (Fsp3) is 0.222. The van der Waals surface area contributed by atoms with E-state index in [0.717, 1.165) is 34.4 Å². The van der Waals surface area contributed by atoms with Crippen LogP contribution in [0.2, 0.25) is 0 Å². The summed E-state index contributed by atoms with van der Waals surface area (Å²) >= 11 is 0. The number of carbonyl (C=O) groups excluding carboxylic acids is 1. The molecule has 5 heteroatoms. The van der Waals surface area contributed by atoms with Crippen molar-refractivity contribution in [1.29, 1.82) is 0 Å². The molecular weight excluding hydrogens is 292 g/mol. The van der Waals surface area contributed by atoms with Crippen LogP contribution in [0.4, 0.5) is 5.69 Å². The second-order valence-electron chi connectivity index (χ2n) is 5.77. The number of hydrogen-bond acceptors (Lipinski definition) is 3. The largest absolute Gasteiger partial charge is 0.480 e. The molecule has 0 spiro atoms. The molecule has 5 nitrogen and oxygen atoms in total. The van der Waals surface area contributed by atoms with Crippen molar-refractivity contribution in [3.63, 3.8) is 0 Å². The summed E-state index contributed by atoms with van der Waals surface area (Å²) in [7, 11) is 0. The molecule has 118 valence electrons. The lowest BCUT2D eigenvalue weighted by molar-refractivity contribution is -0.138. The molecule has 0 aromatic heterocycles. The first-order valence-corrected chi connectivity index (χ1v) is 7.53. The molecule has 1 heterocycles. The van der Waals surface area contributed by atoms with Gasteiger partial charge in [-0.05, 0) is 47.2 Å². The van der Waals surface area contributed by atoms with Gasteiger partial charge in [-0.2, -0.15) is 0 Å². The van der Waals surface area contributed by atoms with Crippen LogP contribution < -0.4 is 11.1 Å². The van der Waals surface area contributed by atoms with Crippen molar-refractivity contribution in [2.75, 3.05) is 5.32 Å². The summed E-state index contributed by atoms with van der Waals surface area (Å²) in [5.41, 5.74) is 10.6. The van der Waals surface area contributed by atoms with Crippen molar-refractivity contribution in [2.24, 2.45) is 5.73 Å². The Bertz CT molecular complexity index is 753. The molecule has 1 amide bonds. The van der Waals surface area contributed by atoms with Gasteiger partial charge >= 0.3 is 5.97 Å². The minimum absolute atomic E-state index is 0.0596. The number of carboxylic acids is 1. The molecule has 0 aliphatic carbocycles. The third kappa shape index (κ3) is 3.40. The molecule has 1 aliphatic rings. The predicted molar refractivity (Wildman–Crippen MR) is 88.1 cm³/mol. The number of hydrogen-bond donors (Lipinski definition) is 3. The average molecular weight is 310 g/mol. The zero-order valence-corrected chi connectivity index (χ0v) is 12.6. The number of nitrogens with one attached hydrogen (secondary N) is 1. The minimum atomic E-state index is -0.995. The highest BCUT2D eigenvalue weighted by atomic mass is 16.4. The van der Waals surface area contributed by atoms with E-state index in [1.807, 2.05) is 36.4 Å². The first kappa shape index (κ1) is 15.2. The molecule has 0 saturated heterocycles. The van der Waals surface area contributed by atoms with E-state index >= 15 is 0 Å². The molecule has 23 heavy (non-hydrogen) atoms. The molecule has 2 aromatic rings. The van der Waals surface area contributed by atoms with E-state index < -0.39 is 12.0 Å². The molecular formula is C18H18N2O3. The summed E-state index contributed by atoms with van der Waals surface area (Å²) in [6.07, 6.45) is 1.58. The van der Waals surface area contributed by atoms with Crippen LogP contribution in [0.3, 0.4) is 0 Å². The summed E-state index contributed by atoms with van der Waals surface area (Å²) in [6, 6.07) is 12.8.